The van der Waals surface area contributed by atoms with Crippen LogP contribution in [-0.2, 0) is 13.0 Å². The summed E-state index contributed by atoms with van der Waals surface area (Å²) < 4.78 is 1.42. The van der Waals surface area contributed by atoms with Gasteiger partial charge in [0, 0.05) is 16.1 Å². The van der Waals surface area contributed by atoms with Crippen LogP contribution >= 0.6 is 11.3 Å². The van der Waals surface area contributed by atoms with Gasteiger partial charge in [-0.3, -0.25) is 0 Å². The Hall–Kier alpha value is -0.860. The summed E-state index contributed by atoms with van der Waals surface area (Å²) in [6.07, 6.45) is 1.13. The molecule has 0 saturated heterocycles. The largest absolute Gasteiger partial charge is 0.312 e. The molecule has 1 aromatic carbocycles. The number of benzene rings is 1. The molecule has 1 aromatic heterocycles. The summed E-state index contributed by atoms with van der Waals surface area (Å²) >= 11 is 1.94. The van der Waals surface area contributed by atoms with Gasteiger partial charge in [0.2, 0.25) is 0 Å². The molecule has 0 atom stereocenters. The molecule has 1 heterocycles. The second kappa shape index (κ2) is 5.65. The van der Waals surface area contributed by atoms with Crippen molar-refractivity contribution in [1.29, 1.82) is 0 Å². The van der Waals surface area contributed by atoms with E-state index in [1.807, 2.05) is 11.3 Å². The number of hydrogen-bond donors (Lipinski definition) is 1. The Balaban J connectivity index is 2.21. The van der Waals surface area contributed by atoms with E-state index in [1.165, 1.54) is 20.5 Å². The van der Waals surface area contributed by atoms with E-state index in [9.17, 15) is 0 Å². The molecule has 2 heteroatoms. The normalized spacial score (nSPS) is 11.5. The fourth-order valence-electron chi connectivity index (χ4n) is 2.15. The third kappa shape index (κ3) is 2.88. The highest BCUT2D eigenvalue weighted by Gasteiger charge is 2.09. The van der Waals surface area contributed by atoms with Crippen molar-refractivity contribution in [2.75, 3.05) is 6.54 Å². The molecule has 0 radical (unpaired) electrons. The van der Waals surface area contributed by atoms with Crippen molar-refractivity contribution in [2.24, 2.45) is 5.92 Å². The van der Waals surface area contributed by atoms with E-state index >= 15 is 0 Å². The molecule has 0 bridgehead atoms. The molecule has 0 aliphatic rings. The zero-order valence-corrected chi connectivity index (χ0v) is 11.7. The summed E-state index contributed by atoms with van der Waals surface area (Å²) in [7, 11) is 0. The Morgan fingerprint density at radius 3 is 2.71 bits per heavy atom. The van der Waals surface area contributed by atoms with Gasteiger partial charge in [-0.2, -0.15) is 0 Å². The van der Waals surface area contributed by atoms with E-state index in [0.29, 0.717) is 0 Å². The molecular weight excluding hydrogens is 226 g/mol. The first-order valence-electron chi connectivity index (χ1n) is 6.42. The van der Waals surface area contributed by atoms with Crippen molar-refractivity contribution in [2.45, 2.75) is 33.7 Å². The van der Waals surface area contributed by atoms with Crippen molar-refractivity contribution in [3.8, 4) is 0 Å². The molecule has 1 N–H and O–H groups in total. The van der Waals surface area contributed by atoms with Gasteiger partial charge in [0.25, 0.3) is 0 Å². The Morgan fingerprint density at radius 1 is 1.24 bits per heavy atom. The molecule has 0 saturated carbocycles. The molecule has 0 fully saturated rings. The minimum atomic E-state index is 0.717. The molecule has 92 valence electrons. The van der Waals surface area contributed by atoms with E-state index in [4.69, 9.17) is 0 Å². The van der Waals surface area contributed by atoms with Crippen molar-refractivity contribution < 1.29 is 0 Å². The van der Waals surface area contributed by atoms with Crippen LogP contribution in [-0.4, -0.2) is 6.54 Å². The van der Waals surface area contributed by atoms with Crippen molar-refractivity contribution in [3.63, 3.8) is 0 Å². The minimum absolute atomic E-state index is 0.717. The van der Waals surface area contributed by atoms with Gasteiger partial charge in [-0.15, -0.1) is 11.3 Å². The van der Waals surface area contributed by atoms with Gasteiger partial charge in [-0.05, 0) is 35.9 Å². The van der Waals surface area contributed by atoms with Crippen molar-refractivity contribution in [3.05, 3.63) is 34.7 Å². The van der Waals surface area contributed by atoms with Crippen LogP contribution in [0.1, 0.15) is 31.2 Å². The summed E-state index contributed by atoms with van der Waals surface area (Å²) in [4.78, 5) is 1.51. The van der Waals surface area contributed by atoms with Gasteiger partial charge < -0.3 is 5.32 Å². The second-order valence-electron chi connectivity index (χ2n) is 4.88. The van der Waals surface area contributed by atoms with Crippen LogP contribution in [0, 0.1) is 5.92 Å². The first-order chi connectivity index (χ1) is 8.22. The van der Waals surface area contributed by atoms with Gasteiger partial charge in [0.05, 0.1) is 0 Å². The third-order valence-corrected chi connectivity index (χ3v) is 4.19. The molecule has 0 spiro atoms. The van der Waals surface area contributed by atoms with E-state index in [0.717, 1.165) is 25.4 Å². The van der Waals surface area contributed by atoms with Gasteiger partial charge in [-0.1, -0.05) is 39.0 Å². The number of rotatable bonds is 5. The van der Waals surface area contributed by atoms with Crippen LogP contribution in [0.4, 0.5) is 0 Å². The Morgan fingerprint density at radius 2 is 2.00 bits per heavy atom. The second-order valence-corrected chi connectivity index (χ2v) is 6.02. The lowest BCUT2D eigenvalue weighted by Crippen LogP contribution is -2.18. The number of aryl methyl sites for hydroxylation is 1. The lowest BCUT2D eigenvalue weighted by Gasteiger charge is -2.07. The Labute approximate surface area is 108 Å². The lowest BCUT2D eigenvalue weighted by atomic mass is 10.1. The predicted molar refractivity (Wildman–Crippen MR) is 77.7 cm³/mol. The highest BCUT2D eigenvalue weighted by molar-refractivity contribution is 7.19. The number of nitrogens with one attached hydrogen (secondary N) is 1. The molecular formula is C15H21NS. The van der Waals surface area contributed by atoms with Gasteiger partial charge in [0.1, 0.15) is 0 Å². The number of hydrogen-bond acceptors (Lipinski definition) is 2. The van der Waals surface area contributed by atoms with Gasteiger partial charge in [-0.25, -0.2) is 0 Å². The lowest BCUT2D eigenvalue weighted by molar-refractivity contribution is 0.554. The Bertz CT molecular complexity index is 485. The maximum absolute atomic E-state index is 3.55. The molecule has 2 rings (SSSR count). The predicted octanol–water partition coefficient (Wildman–Crippen LogP) is 4.21. The van der Waals surface area contributed by atoms with Crippen LogP contribution in [0.2, 0.25) is 0 Å². The first-order valence-corrected chi connectivity index (χ1v) is 7.24. The highest BCUT2D eigenvalue weighted by atomic mass is 32.1. The summed E-state index contributed by atoms with van der Waals surface area (Å²) in [6, 6.07) is 8.74. The van der Waals surface area contributed by atoms with Gasteiger partial charge in [0.15, 0.2) is 0 Å². The van der Waals surface area contributed by atoms with E-state index in [-0.39, 0.29) is 0 Å². The zero-order valence-electron chi connectivity index (χ0n) is 10.9. The summed E-state index contributed by atoms with van der Waals surface area (Å²) in [5.74, 6) is 0.717. The summed E-state index contributed by atoms with van der Waals surface area (Å²) in [6.45, 7) is 8.86. The third-order valence-electron chi connectivity index (χ3n) is 2.97. The highest BCUT2D eigenvalue weighted by Crippen LogP contribution is 2.31. The van der Waals surface area contributed by atoms with Crippen LogP contribution in [0.5, 0.6) is 0 Å². The number of fused-ring (bicyclic) bond motifs is 1. The van der Waals surface area contributed by atoms with Crippen molar-refractivity contribution in [1.82, 2.24) is 5.32 Å². The zero-order chi connectivity index (χ0) is 12.3. The quantitative estimate of drug-likeness (QED) is 0.834. The summed E-state index contributed by atoms with van der Waals surface area (Å²) in [5.41, 5.74) is 1.53. The van der Waals surface area contributed by atoms with Crippen LogP contribution in [0.15, 0.2) is 24.3 Å². The standard InChI is InChI=1S/C15H21NS/c1-4-12-13-7-5-6-8-14(13)17-15(12)10-16-9-11(2)3/h5-8,11,16H,4,9-10H2,1-3H3. The maximum Gasteiger partial charge on any atom is 0.0349 e. The summed E-state index contributed by atoms with van der Waals surface area (Å²) in [5, 5.41) is 4.99. The Kier molecular flexibility index (Phi) is 4.19. The first kappa shape index (κ1) is 12.6. The fraction of sp³-hybridized carbons (Fsp3) is 0.467. The SMILES string of the molecule is CCc1c(CNCC(C)C)sc2ccccc12. The van der Waals surface area contributed by atoms with Crippen LogP contribution < -0.4 is 5.32 Å². The molecule has 0 amide bonds. The maximum atomic E-state index is 3.55. The number of thiophene rings is 1. The van der Waals surface area contributed by atoms with E-state index in [1.54, 1.807) is 0 Å². The molecule has 1 nitrogen and oxygen atoms in total. The molecule has 0 unspecified atom stereocenters. The van der Waals surface area contributed by atoms with Crippen LogP contribution in [0.3, 0.4) is 0 Å². The average Bonchev–Trinajstić information content (AvgIpc) is 2.66. The molecule has 2 aromatic rings. The van der Waals surface area contributed by atoms with Crippen molar-refractivity contribution >= 4 is 21.4 Å². The molecule has 17 heavy (non-hydrogen) atoms. The van der Waals surface area contributed by atoms with E-state index in [2.05, 4.69) is 50.4 Å². The van der Waals surface area contributed by atoms with Gasteiger partial charge >= 0.3 is 0 Å². The van der Waals surface area contributed by atoms with E-state index < -0.39 is 0 Å². The smallest absolute Gasteiger partial charge is 0.0349 e. The minimum Gasteiger partial charge on any atom is -0.312 e. The topological polar surface area (TPSA) is 12.0 Å². The van der Waals surface area contributed by atoms with Crippen LogP contribution in [0.25, 0.3) is 10.1 Å². The fourth-order valence-corrected chi connectivity index (χ4v) is 3.42. The monoisotopic (exact) mass is 247 g/mol. The molecule has 0 aliphatic heterocycles. The molecule has 0 aliphatic carbocycles. The average molecular weight is 247 g/mol.